The zero-order valence-corrected chi connectivity index (χ0v) is 15.2. The summed E-state index contributed by atoms with van der Waals surface area (Å²) < 4.78 is 0. The summed E-state index contributed by atoms with van der Waals surface area (Å²) >= 11 is 0. The van der Waals surface area contributed by atoms with Crippen LogP contribution in [0.4, 0.5) is 0 Å². The molecule has 4 heterocycles. The summed E-state index contributed by atoms with van der Waals surface area (Å²) in [7, 11) is 0. The first-order chi connectivity index (χ1) is 13.9. The predicted octanol–water partition coefficient (Wildman–Crippen LogP) is 0.896. The van der Waals surface area contributed by atoms with Gasteiger partial charge in [0, 0.05) is 12.2 Å². The molecule has 1 atom stereocenters. The lowest BCUT2D eigenvalue weighted by Crippen LogP contribution is -2.56. The fourth-order valence-electron chi connectivity index (χ4n) is 3.06. The summed E-state index contributed by atoms with van der Waals surface area (Å²) in [6.45, 7) is 1.24. The molecule has 142 valence electrons. The molecule has 0 saturated carbocycles. The van der Waals surface area contributed by atoms with Crippen LogP contribution in [-0.4, -0.2) is 46.1 Å². The maximum atomic E-state index is 12.8. The Morgan fingerprint density at radius 3 is 2.14 bits per heavy atom. The highest BCUT2D eigenvalue weighted by Crippen LogP contribution is 2.21. The Kier molecular flexibility index (Phi) is 4.31. The van der Waals surface area contributed by atoms with Gasteiger partial charge in [0.15, 0.2) is 11.3 Å². The zero-order valence-electron chi connectivity index (χ0n) is 15.2. The van der Waals surface area contributed by atoms with Gasteiger partial charge in [-0.25, -0.2) is 15.0 Å². The topological polar surface area (TPSA) is 117 Å². The van der Waals surface area contributed by atoms with Crippen molar-refractivity contribution in [3.63, 3.8) is 0 Å². The van der Waals surface area contributed by atoms with Crippen LogP contribution in [0.2, 0.25) is 0 Å². The van der Waals surface area contributed by atoms with Crippen molar-refractivity contribution in [1.29, 1.82) is 0 Å². The molecule has 0 bridgehead atoms. The molecule has 0 saturated heterocycles. The van der Waals surface area contributed by atoms with Crippen LogP contribution in [0.1, 0.15) is 6.92 Å². The molecular formula is C21H14N4O4. The summed E-state index contributed by atoms with van der Waals surface area (Å²) in [5, 5.41) is 2.41. The van der Waals surface area contributed by atoms with E-state index in [-0.39, 0.29) is 11.6 Å². The molecule has 1 N–H and O–H groups in total. The van der Waals surface area contributed by atoms with Gasteiger partial charge in [0.05, 0.1) is 22.8 Å². The summed E-state index contributed by atoms with van der Waals surface area (Å²) in [4.78, 5) is 59.9. The van der Waals surface area contributed by atoms with Gasteiger partial charge in [-0.2, -0.15) is 0 Å². The standard InChI is InChI=1S/C21H14N4O4/c1-12(26)21(9-8-19(28)25-21)20(29)17-6-4-15(23-17)10-13-2-3-14(22-13)11-16-5-7-18(27)24-16/h2-11H,1H3,(H,25,28). The number of amides is 2. The van der Waals surface area contributed by atoms with Crippen LogP contribution in [0, 0.1) is 0 Å². The van der Waals surface area contributed by atoms with Gasteiger partial charge in [0.25, 0.3) is 5.91 Å². The van der Waals surface area contributed by atoms with E-state index in [0.717, 1.165) is 0 Å². The molecule has 0 aromatic rings. The quantitative estimate of drug-likeness (QED) is 0.706. The Balaban J connectivity index is 1.54. The minimum atomic E-state index is -1.71. The Bertz CT molecular complexity index is 1160. The van der Waals surface area contributed by atoms with Gasteiger partial charge in [-0.3, -0.25) is 19.2 Å². The number of nitrogens with zero attached hydrogens (tertiary/aromatic N) is 3. The maximum Gasteiger partial charge on any atom is 0.270 e. The van der Waals surface area contributed by atoms with Crippen LogP contribution in [0.25, 0.3) is 0 Å². The fraction of sp³-hybridized carbons (Fsp3) is 0.0952. The van der Waals surface area contributed by atoms with Crippen molar-refractivity contribution >= 4 is 40.5 Å². The van der Waals surface area contributed by atoms with E-state index < -0.39 is 23.0 Å². The largest absolute Gasteiger partial charge is 0.330 e. The lowest BCUT2D eigenvalue weighted by atomic mass is 9.88. The maximum absolute atomic E-state index is 12.8. The normalized spacial score (nSPS) is 27.1. The van der Waals surface area contributed by atoms with Crippen molar-refractivity contribution in [3.05, 3.63) is 72.2 Å². The predicted molar refractivity (Wildman–Crippen MR) is 107 cm³/mol. The summed E-state index contributed by atoms with van der Waals surface area (Å²) in [5.74, 6) is -1.88. The second-order valence-electron chi connectivity index (χ2n) is 6.56. The number of carbonyl (C=O) groups excluding carboxylic acids is 4. The highest BCUT2D eigenvalue weighted by molar-refractivity contribution is 6.53. The number of nitrogens with one attached hydrogen (secondary N) is 1. The number of carbonyl (C=O) groups is 4. The minimum absolute atomic E-state index is 0.0700. The van der Waals surface area contributed by atoms with Crippen molar-refractivity contribution in [2.24, 2.45) is 15.0 Å². The number of hydrogen-bond acceptors (Lipinski definition) is 6. The number of ketones is 2. The van der Waals surface area contributed by atoms with E-state index in [1.165, 1.54) is 31.2 Å². The zero-order chi connectivity index (χ0) is 20.6. The van der Waals surface area contributed by atoms with Crippen LogP contribution >= 0.6 is 0 Å². The molecule has 4 aliphatic rings. The van der Waals surface area contributed by atoms with Crippen LogP contribution < -0.4 is 5.32 Å². The molecule has 0 radical (unpaired) electrons. The molecule has 4 rings (SSSR count). The second-order valence-corrected chi connectivity index (χ2v) is 6.56. The number of allylic oxidation sites excluding steroid dienone is 7. The van der Waals surface area contributed by atoms with E-state index in [0.29, 0.717) is 22.8 Å². The first kappa shape index (κ1) is 18.3. The van der Waals surface area contributed by atoms with Crippen molar-refractivity contribution in [1.82, 2.24) is 5.32 Å². The van der Waals surface area contributed by atoms with Crippen LogP contribution in [0.15, 0.2) is 87.1 Å². The third-order valence-electron chi connectivity index (χ3n) is 4.52. The summed E-state index contributed by atoms with van der Waals surface area (Å²) in [6, 6.07) is 0. The smallest absolute Gasteiger partial charge is 0.270 e. The lowest BCUT2D eigenvalue weighted by molar-refractivity contribution is -0.132. The van der Waals surface area contributed by atoms with E-state index in [2.05, 4.69) is 20.3 Å². The van der Waals surface area contributed by atoms with Gasteiger partial charge in [0.2, 0.25) is 11.7 Å². The van der Waals surface area contributed by atoms with Crippen molar-refractivity contribution in [3.8, 4) is 0 Å². The average molecular weight is 386 g/mol. The highest BCUT2D eigenvalue weighted by Gasteiger charge is 2.46. The Hall–Kier alpha value is -4.07. The molecule has 29 heavy (non-hydrogen) atoms. The van der Waals surface area contributed by atoms with Gasteiger partial charge in [-0.1, -0.05) is 0 Å². The molecule has 0 fully saturated rings. The summed E-state index contributed by atoms with van der Waals surface area (Å²) in [6.07, 6.45) is 15.4. The Labute approximate surface area is 165 Å². The van der Waals surface area contributed by atoms with Crippen molar-refractivity contribution in [2.75, 3.05) is 0 Å². The number of aliphatic imine (C=N–C) groups is 3. The molecule has 2 amide bonds. The van der Waals surface area contributed by atoms with E-state index in [1.807, 2.05) is 0 Å². The van der Waals surface area contributed by atoms with E-state index in [4.69, 9.17) is 0 Å². The van der Waals surface area contributed by atoms with Crippen molar-refractivity contribution in [2.45, 2.75) is 12.5 Å². The van der Waals surface area contributed by atoms with Gasteiger partial charge in [0.1, 0.15) is 5.71 Å². The molecular weight excluding hydrogens is 372 g/mol. The molecule has 0 aromatic heterocycles. The molecule has 8 heteroatoms. The first-order valence-corrected chi connectivity index (χ1v) is 8.71. The third-order valence-corrected chi connectivity index (χ3v) is 4.52. The number of rotatable bonds is 5. The van der Waals surface area contributed by atoms with Crippen LogP contribution in [-0.2, 0) is 19.2 Å². The van der Waals surface area contributed by atoms with Crippen LogP contribution in [0.3, 0.4) is 0 Å². The third kappa shape index (κ3) is 3.43. The lowest BCUT2D eigenvalue weighted by Gasteiger charge is -2.22. The van der Waals surface area contributed by atoms with Crippen molar-refractivity contribution < 1.29 is 19.2 Å². The molecule has 4 aliphatic heterocycles. The summed E-state index contributed by atoms with van der Waals surface area (Å²) in [5.41, 5.74) is 0.617. The van der Waals surface area contributed by atoms with E-state index >= 15 is 0 Å². The molecule has 1 unspecified atom stereocenters. The monoisotopic (exact) mass is 386 g/mol. The van der Waals surface area contributed by atoms with Gasteiger partial charge in [-0.05, 0) is 55.5 Å². The van der Waals surface area contributed by atoms with E-state index in [9.17, 15) is 19.2 Å². The van der Waals surface area contributed by atoms with Crippen LogP contribution in [0.5, 0.6) is 0 Å². The number of hydrogen-bond donors (Lipinski definition) is 1. The molecule has 8 nitrogen and oxygen atoms in total. The Morgan fingerprint density at radius 2 is 1.52 bits per heavy atom. The van der Waals surface area contributed by atoms with Gasteiger partial charge >= 0.3 is 0 Å². The fourth-order valence-corrected chi connectivity index (χ4v) is 3.06. The average Bonchev–Trinajstić information content (AvgIpc) is 3.45. The SMILES string of the molecule is CC(=O)C1(C(=O)C2=NC(=CC3=NC(=CC4=NC(=O)C=C4)C=C3)C=C2)C=CC(=O)N1. The Morgan fingerprint density at radius 1 is 0.862 bits per heavy atom. The molecule has 0 spiro atoms. The molecule has 0 aromatic carbocycles. The minimum Gasteiger partial charge on any atom is -0.330 e. The first-order valence-electron chi connectivity index (χ1n) is 8.71. The second kappa shape index (κ2) is 6.83. The van der Waals surface area contributed by atoms with E-state index in [1.54, 1.807) is 36.5 Å². The molecule has 0 aliphatic carbocycles. The highest BCUT2D eigenvalue weighted by atomic mass is 16.2. The van der Waals surface area contributed by atoms with Gasteiger partial charge < -0.3 is 5.32 Å². The van der Waals surface area contributed by atoms with Gasteiger partial charge in [-0.15, -0.1) is 0 Å². The number of Topliss-reactive ketones (excluding diaryl/α,β-unsaturated/α-hetero) is 2.